The summed E-state index contributed by atoms with van der Waals surface area (Å²) in [5.74, 6) is 0. The summed E-state index contributed by atoms with van der Waals surface area (Å²) in [4.78, 5) is 0. The van der Waals surface area contributed by atoms with Crippen molar-refractivity contribution in [2.45, 2.75) is 26.8 Å². The van der Waals surface area contributed by atoms with Crippen LogP contribution in [0.15, 0.2) is 30.6 Å². The van der Waals surface area contributed by atoms with Gasteiger partial charge in [-0.3, -0.25) is 0 Å². The maximum absolute atomic E-state index is 12.0. The monoisotopic (exact) mass is 358 g/mol. The lowest BCUT2D eigenvalue weighted by Crippen LogP contribution is -2.19. The van der Waals surface area contributed by atoms with Gasteiger partial charge in [0.2, 0.25) is 0 Å². The Bertz CT molecular complexity index is 715. The fourth-order valence-electron chi connectivity index (χ4n) is 1.99. The minimum absolute atomic E-state index is 0.293. The van der Waals surface area contributed by atoms with Gasteiger partial charge in [0.1, 0.15) is 13.3 Å². The number of ether oxygens (including phenoxy) is 1. The van der Waals surface area contributed by atoms with Gasteiger partial charge in [-0.2, -0.15) is 18.3 Å². The summed E-state index contributed by atoms with van der Waals surface area (Å²) < 4.78 is 41.8. The molecule has 0 spiro atoms. The van der Waals surface area contributed by atoms with Gasteiger partial charge < -0.3 is 15.4 Å². The van der Waals surface area contributed by atoms with E-state index in [9.17, 15) is 13.2 Å². The zero-order valence-electron chi connectivity index (χ0n) is 13.1. The first-order valence-corrected chi connectivity index (χ1v) is 7.46. The number of hydrogen-bond acceptors (Lipinski definition) is 3. The van der Waals surface area contributed by atoms with Crippen LogP contribution in [0.2, 0.25) is 0 Å². The van der Waals surface area contributed by atoms with Crippen LogP contribution in [-0.4, -0.2) is 27.7 Å². The fourth-order valence-corrected chi connectivity index (χ4v) is 2.22. The number of aromatic nitrogens is 2. The molecule has 0 atom stereocenters. The molecule has 9 heteroatoms. The molecule has 0 fully saturated rings. The molecule has 1 heterocycles. The number of halogens is 3. The van der Waals surface area contributed by atoms with Gasteiger partial charge in [-0.15, -0.1) is 0 Å². The summed E-state index contributed by atoms with van der Waals surface area (Å²) >= 11 is 5.22. The lowest BCUT2D eigenvalue weighted by molar-refractivity contribution is -0.182. The van der Waals surface area contributed by atoms with Gasteiger partial charge in [-0.05, 0) is 37.7 Å². The van der Waals surface area contributed by atoms with Crippen LogP contribution < -0.4 is 10.6 Å². The normalized spacial score (nSPS) is 11.4. The molecule has 0 aliphatic rings. The van der Waals surface area contributed by atoms with Crippen molar-refractivity contribution in [3.8, 4) is 0 Å². The molecule has 2 aromatic rings. The maximum atomic E-state index is 12.0. The Morgan fingerprint density at radius 3 is 2.71 bits per heavy atom. The molecule has 24 heavy (non-hydrogen) atoms. The van der Waals surface area contributed by atoms with Crippen molar-refractivity contribution in [1.29, 1.82) is 0 Å². The van der Waals surface area contributed by atoms with Crippen LogP contribution in [0, 0.1) is 13.8 Å². The van der Waals surface area contributed by atoms with Gasteiger partial charge in [0.25, 0.3) is 0 Å². The topological polar surface area (TPSA) is 51.1 Å². The molecule has 0 unspecified atom stereocenters. The molecule has 130 valence electrons. The second kappa shape index (κ2) is 7.63. The standard InChI is InChI=1S/C15H17F3N4OS/c1-10-3-4-13(11(2)5-10)21-14(24)20-12-6-19-22(7-12)9-23-8-15(16,17)18/h3-7H,8-9H2,1-2H3,(H2,20,21,24). The molecule has 0 aliphatic carbocycles. The van der Waals surface area contributed by atoms with E-state index < -0.39 is 12.8 Å². The second-order valence-electron chi connectivity index (χ2n) is 5.26. The summed E-state index contributed by atoms with van der Waals surface area (Å²) in [7, 11) is 0. The Morgan fingerprint density at radius 2 is 2.04 bits per heavy atom. The average molecular weight is 358 g/mol. The van der Waals surface area contributed by atoms with Crippen LogP contribution in [0.25, 0.3) is 0 Å². The number of nitrogens with one attached hydrogen (secondary N) is 2. The third kappa shape index (κ3) is 5.82. The number of hydrogen-bond donors (Lipinski definition) is 2. The minimum atomic E-state index is -4.36. The lowest BCUT2D eigenvalue weighted by atomic mass is 10.1. The molecule has 5 nitrogen and oxygen atoms in total. The highest BCUT2D eigenvalue weighted by Crippen LogP contribution is 2.17. The molecule has 1 aromatic heterocycles. The van der Waals surface area contributed by atoms with Gasteiger partial charge >= 0.3 is 6.18 Å². The van der Waals surface area contributed by atoms with E-state index in [4.69, 9.17) is 12.2 Å². The van der Waals surface area contributed by atoms with Crippen LogP contribution in [0.1, 0.15) is 11.1 Å². The number of aryl methyl sites for hydroxylation is 2. The first-order valence-electron chi connectivity index (χ1n) is 7.05. The van der Waals surface area contributed by atoms with Gasteiger partial charge in [-0.1, -0.05) is 17.7 Å². The minimum Gasteiger partial charge on any atom is -0.350 e. The Kier molecular flexibility index (Phi) is 5.79. The van der Waals surface area contributed by atoms with E-state index in [2.05, 4.69) is 20.5 Å². The smallest absolute Gasteiger partial charge is 0.350 e. The molecular weight excluding hydrogens is 341 g/mol. The zero-order chi connectivity index (χ0) is 17.7. The van der Waals surface area contributed by atoms with E-state index in [1.54, 1.807) is 0 Å². The molecule has 0 aliphatic heterocycles. The van der Waals surface area contributed by atoms with Crippen molar-refractivity contribution in [2.24, 2.45) is 0 Å². The number of thiocarbonyl (C=S) groups is 1. The van der Waals surface area contributed by atoms with Gasteiger partial charge in [0, 0.05) is 5.69 Å². The van der Waals surface area contributed by atoms with Crippen molar-refractivity contribution in [1.82, 2.24) is 9.78 Å². The molecule has 2 rings (SSSR count). The third-order valence-electron chi connectivity index (χ3n) is 3.01. The van der Waals surface area contributed by atoms with E-state index in [1.165, 1.54) is 17.1 Å². The van der Waals surface area contributed by atoms with Gasteiger partial charge in [0.05, 0.1) is 18.1 Å². The molecule has 0 saturated carbocycles. The molecule has 0 amide bonds. The summed E-state index contributed by atoms with van der Waals surface area (Å²) in [6.07, 6.45) is -1.40. The predicted octanol–water partition coefficient (Wildman–Crippen LogP) is 3.85. The third-order valence-corrected chi connectivity index (χ3v) is 3.21. The second-order valence-corrected chi connectivity index (χ2v) is 5.67. The fraction of sp³-hybridized carbons (Fsp3) is 0.333. The van der Waals surface area contributed by atoms with E-state index in [0.717, 1.165) is 16.8 Å². The Morgan fingerprint density at radius 1 is 1.29 bits per heavy atom. The molecule has 0 saturated heterocycles. The average Bonchev–Trinajstić information content (AvgIpc) is 2.88. The van der Waals surface area contributed by atoms with Crippen LogP contribution in [0.3, 0.4) is 0 Å². The predicted molar refractivity (Wildman–Crippen MR) is 90.0 cm³/mol. The molecule has 0 radical (unpaired) electrons. The highest BCUT2D eigenvalue weighted by atomic mass is 32.1. The Balaban J connectivity index is 1.86. The first-order chi connectivity index (χ1) is 11.2. The summed E-state index contributed by atoms with van der Waals surface area (Å²) in [5.41, 5.74) is 3.62. The SMILES string of the molecule is Cc1ccc(NC(=S)Nc2cnn(COCC(F)(F)F)c2)c(C)c1. The van der Waals surface area contributed by atoms with Gasteiger partial charge in [-0.25, -0.2) is 4.68 Å². The highest BCUT2D eigenvalue weighted by molar-refractivity contribution is 7.80. The molecule has 1 aromatic carbocycles. The van der Waals surface area contributed by atoms with Crippen LogP contribution in [0.5, 0.6) is 0 Å². The Labute approximate surface area is 142 Å². The maximum Gasteiger partial charge on any atom is 0.411 e. The van der Waals surface area contributed by atoms with Crippen LogP contribution >= 0.6 is 12.2 Å². The van der Waals surface area contributed by atoms with Crippen molar-refractivity contribution >= 4 is 28.7 Å². The van der Waals surface area contributed by atoms with Crippen molar-refractivity contribution in [3.05, 3.63) is 41.7 Å². The quantitative estimate of drug-likeness (QED) is 0.796. The number of benzene rings is 1. The van der Waals surface area contributed by atoms with E-state index in [0.29, 0.717) is 10.8 Å². The van der Waals surface area contributed by atoms with Crippen LogP contribution in [0.4, 0.5) is 24.5 Å². The molecule has 2 N–H and O–H groups in total. The number of anilines is 2. The summed E-state index contributed by atoms with van der Waals surface area (Å²) in [5, 5.41) is 10.2. The number of rotatable bonds is 5. The highest BCUT2D eigenvalue weighted by Gasteiger charge is 2.27. The number of nitrogens with zero attached hydrogens (tertiary/aromatic N) is 2. The van der Waals surface area contributed by atoms with Gasteiger partial charge in [0.15, 0.2) is 5.11 Å². The largest absolute Gasteiger partial charge is 0.411 e. The van der Waals surface area contributed by atoms with Crippen molar-refractivity contribution in [3.63, 3.8) is 0 Å². The van der Waals surface area contributed by atoms with Crippen molar-refractivity contribution < 1.29 is 17.9 Å². The molecular formula is C15H17F3N4OS. The summed E-state index contributed by atoms with van der Waals surface area (Å²) in [6, 6.07) is 5.92. The van der Waals surface area contributed by atoms with Crippen LogP contribution in [-0.2, 0) is 11.5 Å². The lowest BCUT2D eigenvalue weighted by Gasteiger charge is -2.12. The van der Waals surface area contributed by atoms with Crippen molar-refractivity contribution in [2.75, 3.05) is 17.2 Å². The first kappa shape index (κ1) is 18.2. The Hall–Kier alpha value is -2.13. The molecule has 0 bridgehead atoms. The zero-order valence-corrected chi connectivity index (χ0v) is 14.0. The number of alkyl halides is 3. The van der Waals surface area contributed by atoms with E-state index >= 15 is 0 Å². The van der Waals surface area contributed by atoms with E-state index in [1.807, 2.05) is 32.0 Å². The van der Waals surface area contributed by atoms with E-state index in [-0.39, 0.29) is 6.73 Å². The summed E-state index contributed by atoms with van der Waals surface area (Å²) in [6.45, 7) is 2.36.